The van der Waals surface area contributed by atoms with E-state index in [1.807, 2.05) is 19.9 Å². The number of carbonyl (C=O) groups is 1. The molecule has 0 spiro atoms. The summed E-state index contributed by atoms with van der Waals surface area (Å²) in [5.74, 6) is -0.144. The summed E-state index contributed by atoms with van der Waals surface area (Å²) in [7, 11) is 0. The van der Waals surface area contributed by atoms with Gasteiger partial charge < -0.3 is 11.1 Å². The van der Waals surface area contributed by atoms with Crippen LogP contribution in [0.5, 0.6) is 0 Å². The molecule has 4 heteroatoms. The first-order valence-electron chi connectivity index (χ1n) is 4.81. The quantitative estimate of drug-likeness (QED) is 0.825. The third-order valence-corrected chi connectivity index (χ3v) is 2.57. The first-order chi connectivity index (χ1) is 7.04. The van der Waals surface area contributed by atoms with E-state index in [1.165, 1.54) is 0 Å². The Balaban J connectivity index is 2.78. The predicted molar refractivity (Wildman–Crippen MR) is 62.2 cm³/mol. The second-order valence-electron chi connectivity index (χ2n) is 3.57. The van der Waals surface area contributed by atoms with Gasteiger partial charge in [-0.2, -0.15) is 0 Å². The van der Waals surface area contributed by atoms with Crippen LogP contribution in [-0.2, 0) is 0 Å². The molecule has 0 aliphatic carbocycles. The fraction of sp³-hybridized carbons (Fsp3) is 0.364. The van der Waals surface area contributed by atoms with E-state index in [9.17, 15) is 4.79 Å². The maximum atomic E-state index is 11.7. The lowest BCUT2D eigenvalue weighted by Gasteiger charge is -2.11. The lowest BCUT2D eigenvalue weighted by atomic mass is 10.1. The minimum absolute atomic E-state index is 0.0300. The van der Waals surface area contributed by atoms with Crippen molar-refractivity contribution < 1.29 is 4.79 Å². The summed E-state index contributed by atoms with van der Waals surface area (Å²) < 4.78 is 0. The summed E-state index contributed by atoms with van der Waals surface area (Å²) in [6.45, 7) is 4.17. The molecule has 0 aromatic heterocycles. The monoisotopic (exact) mass is 226 g/mol. The van der Waals surface area contributed by atoms with Gasteiger partial charge in [0.15, 0.2) is 0 Å². The Kier molecular flexibility index (Phi) is 4.12. The van der Waals surface area contributed by atoms with Crippen LogP contribution in [0.2, 0.25) is 5.02 Å². The van der Waals surface area contributed by atoms with Gasteiger partial charge in [0.25, 0.3) is 5.91 Å². The molecule has 0 fully saturated rings. The van der Waals surface area contributed by atoms with Crippen LogP contribution >= 0.6 is 11.6 Å². The predicted octanol–water partition coefficient (Wildman–Crippen LogP) is 1.73. The Morgan fingerprint density at radius 2 is 2.27 bits per heavy atom. The fourth-order valence-electron chi connectivity index (χ4n) is 1.10. The number of nitrogens with one attached hydrogen (secondary N) is 1. The Hall–Kier alpha value is -1.06. The van der Waals surface area contributed by atoms with E-state index in [0.29, 0.717) is 17.1 Å². The highest BCUT2D eigenvalue weighted by Crippen LogP contribution is 2.16. The van der Waals surface area contributed by atoms with Gasteiger partial charge in [0, 0.05) is 23.2 Å². The number of benzene rings is 1. The third-order valence-electron chi connectivity index (χ3n) is 2.17. The first kappa shape index (κ1) is 12.0. The summed E-state index contributed by atoms with van der Waals surface area (Å²) in [5, 5.41) is 3.37. The van der Waals surface area contributed by atoms with Gasteiger partial charge in [-0.05, 0) is 31.5 Å². The van der Waals surface area contributed by atoms with E-state index in [0.717, 1.165) is 5.56 Å². The number of amides is 1. The molecule has 15 heavy (non-hydrogen) atoms. The van der Waals surface area contributed by atoms with Gasteiger partial charge in [0.1, 0.15) is 0 Å². The Morgan fingerprint density at radius 3 is 2.80 bits per heavy atom. The van der Waals surface area contributed by atoms with E-state index in [4.69, 9.17) is 17.3 Å². The number of halogens is 1. The third kappa shape index (κ3) is 3.22. The number of aryl methyl sites for hydroxylation is 1. The normalized spacial score (nSPS) is 12.3. The summed E-state index contributed by atoms with van der Waals surface area (Å²) in [4.78, 5) is 11.7. The van der Waals surface area contributed by atoms with E-state index in [-0.39, 0.29) is 11.9 Å². The zero-order valence-electron chi connectivity index (χ0n) is 8.88. The molecule has 0 heterocycles. The highest BCUT2D eigenvalue weighted by Gasteiger charge is 2.09. The van der Waals surface area contributed by atoms with Gasteiger partial charge in [-0.3, -0.25) is 4.79 Å². The molecule has 3 N–H and O–H groups in total. The molecule has 3 nitrogen and oxygen atoms in total. The second-order valence-corrected chi connectivity index (χ2v) is 3.98. The van der Waals surface area contributed by atoms with Crippen LogP contribution in [0.4, 0.5) is 0 Å². The van der Waals surface area contributed by atoms with Crippen LogP contribution in [0, 0.1) is 6.92 Å². The average molecular weight is 227 g/mol. The molecule has 1 amide bonds. The number of carbonyl (C=O) groups excluding carboxylic acids is 1. The molecule has 1 unspecified atom stereocenters. The van der Waals surface area contributed by atoms with Crippen molar-refractivity contribution in [2.24, 2.45) is 5.73 Å². The molecule has 1 aromatic carbocycles. The van der Waals surface area contributed by atoms with Crippen molar-refractivity contribution in [1.82, 2.24) is 5.32 Å². The molecule has 0 bridgehead atoms. The van der Waals surface area contributed by atoms with Crippen molar-refractivity contribution in [2.45, 2.75) is 19.9 Å². The topological polar surface area (TPSA) is 55.1 Å². The molecule has 1 aromatic rings. The zero-order chi connectivity index (χ0) is 11.4. The van der Waals surface area contributed by atoms with Gasteiger partial charge in [-0.1, -0.05) is 17.7 Å². The minimum atomic E-state index is -0.144. The second kappa shape index (κ2) is 5.14. The molecule has 0 radical (unpaired) electrons. The minimum Gasteiger partial charge on any atom is -0.348 e. The zero-order valence-corrected chi connectivity index (χ0v) is 9.64. The lowest BCUT2D eigenvalue weighted by Crippen LogP contribution is -2.37. The van der Waals surface area contributed by atoms with Crippen molar-refractivity contribution in [1.29, 1.82) is 0 Å². The van der Waals surface area contributed by atoms with Crippen LogP contribution in [0.3, 0.4) is 0 Å². The molecular formula is C11H15ClN2O. The van der Waals surface area contributed by atoms with Crippen LogP contribution in [0.1, 0.15) is 22.8 Å². The average Bonchev–Trinajstić information content (AvgIpc) is 2.21. The Bertz CT molecular complexity index is 366. The van der Waals surface area contributed by atoms with Gasteiger partial charge in [0.2, 0.25) is 0 Å². The van der Waals surface area contributed by atoms with Gasteiger partial charge in [0.05, 0.1) is 0 Å². The lowest BCUT2D eigenvalue weighted by molar-refractivity contribution is 0.0941. The van der Waals surface area contributed by atoms with Crippen LogP contribution < -0.4 is 11.1 Å². The summed E-state index contributed by atoms with van der Waals surface area (Å²) in [6.07, 6.45) is 0. The van der Waals surface area contributed by atoms with Crippen molar-refractivity contribution in [3.8, 4) is 0 Å². The van der Waals surface area contributed by atoms with Crippen molar-refractivity contribution in [3.63, 3.8) is 0 Å². The number of nitrogens with two attached hydrogens (primary N) is 1. The molecule has 0 aliphatic rings. The van der Waals surface area contributed by atoms with E-state index in [2.05, 4.69) is 5.32 Å². The number of hydrogen-bond donors (Lipinski definition) is 2. The number of rotatable bonds is 3. The molecule has 82 valence electrons. The Morgan fingerprint density at radius 1 is 1.60 bits per heavy atom. The van der Waals surface area contributed by atoms with Crippen molar-refractivity contribution in [2.75, 3.05) is 6.54 Å². The number of hydrogen-bond acceptors (Lipinski definition) is 2. The summed E-state index contributed by atoms with van der Waals surface area (Å²) in [5.41, 5.74) is 6.93. The summed E-state index contributed by atoms with van der Waals surface area (Å²) in [6, 6.07) is 5.21. The van der Waals surface area contributed by atoms with Crippen molar-refractivity contribution in [3.05, 3.63) is 34.3 Å². The maximum Gasteiger partial charge on any atom is 0.251 e. The van der Waals surface area contributed by atoms with E-state index in [1.54, 1.807) is 12.1 Å². The maximum absolute atomic E-state index is 11.7. The molecule has 0 aliphatic heterocycles. The van der Waals surface area contributed by atoms with Crippen molar-refractivity contribution >= 4 is 17.5 Å². The first-order valence-corrected chi connectivity index (χ1v) is 5.19. The van der Waals surface area contributed by atoms with Crippen LogP contribution in [-0.4, -0.2) is 18.5 Å². The molecular weight excluding hydrogens is 212 g/mol. The van der Waals surface area contributed by atoms with Gasteiger partial charge in [-0.25, -0.2) is 0 Å². The molecule has 1 atom stereocenters. The fourth-order valence-corrected chi connectivity index (χ4v) is 1.28. The molecule has 0 saturated carbocycles. The van der Waals surface area contributed by atoms with Crippen LogP contribution in [0.25, 0.3) is 0 Å². The van der Waals surface area contributed by atoms with Crippen LogP contribution in [0.15, 0.2) is 18.2 Å². The smallest absolute Gasteiger partial charge is 0.251 e. The molecule has 0 saturated heterocycles. The van der Waals surface area contributed by atoms with Gasteiger partial charge >= 0.3 is 0 Å². The standard InChI is InChI=1S/C11H15ClN2O/c1-7-3-4-9(5-10(7)12)11(15)14-8(2)6-13/h3-5,8H,6,13H2,1-2H3,(H,14,15). The largest absolute Gasteiger partial charge is 0.348 e. The van der Waals surface area contributed by atoms with Gasteiger partial charge in [-0.15, -0.1) is 0 Å². The highest BCUT2D eigenvalue weighted by atomic mass is 35.5. The van der Waals surface area contributed by atoms with E-state index < -0.39 is 0 Å². The Labute approximate surface area is 94.6 Å². The summed E-state index contributed by atoms with van der Waals surface area (Å²) >= 11 is 5.92. The SMILES string of the molecule is Cc1ccc(C(=O)NC(C)CN)cc1Cl. The molecule has 1 rings (SSSR count). The van der Waals surface area contributed by atoms with E-state index >= 15 is 0 Å². The highest BCUT2D eigenvalue weighted by molar-refractivity contribution is 6.31.